The number of carbonyl (C=O) groups excluding carboxylic acids is 2. The third kappa shape index (κ3) is 3.01. The highest BCUT2D eigenvalue weighted by atomic mass is 35.5. The van der Waals surface area contributed by atoms with Crippen LogP contribution in [0, 0.1) is 10.1 Å². The number of hydrogen-bond donors (Lipinski definition) is 1. The normalized spacial score (nSPS) is 12.9. The molecule has 1 aromatic heterocycles. The molecule has 3 aromatic rings. The van der Waals surface area contributed by atoms with Crippen LogP contribution in [0.15, 0.2) is 36.4 Å². The smallest absolute Gasteiger partial charge is 0.344 e. The van der Waals surface area contributed by atoms with Gasteiger partial charge in [-0.1, -0.05) is 23.7 Å². The van der Waals surface area contributed by atoms with Crippen LogP contribution in [-0.2, 0) is 11.3 Å². The van der Waals surface area contributed by atoms with Crippen LogP contribution in [0.5, 0.6) is 0 Å². The van der Waals surface area contributed by atoms with Crippen LogP contribution in [0.25, 0.3) is 10.9 Å². The first-order valence-corrected chi connectivity index (χ1v) is 9.28. The van der Waals surface area contributed by atoms with Gasteiger partial charge in [-0.3, -0.25) is 14.9 Å². The van der Waals surface area contributed by atoms with Gasteiger partial charge in [-0.25, -0.2) is 4.79 Å². The molecule has 9 heteroatoms. The number of ether oxygens (including phenoxy) is 1. The first-order valence-electron chi connectivity index (χ1n) is 8.90. The molecule has 0 unspecified atom stereocenters. The number of methoxy groups -OCH3 is 1. The zero-order valence-electron chi connectivity index (χ0n) is 15.4. The van der Waals surface area contributed by atoms with Crippen molar-refractivity contribution in [3.05, 3.63) is 68.2 Å². The van der Waals surface area contributed by atoms with Crippen molar-refractivity contribution in [3.8, 4) is 0 Å². The number of ketones is 1. The van der Waals surface area contributed by atoms with Crippen LogP contribution in [0.4, 0.5) is 11.5 Å². The lowest BCUT2D eigenvalue weighted by Gasteiger charge is -2.19. The second-order valence-electron chi connectivity index (χ2n) is 6.60. The molecule has 148 valence electrons. The average Bonchev–Trinajstić information content (AvgIpc) is 3.05. The molecule has 0 fully saturated rings. The summed E-state index contributed by atoms with van der Waals surface area (Å²) in [5, 5.41) is 15.5. The molecule has 0 radical (unpaired) electrons. The molecular formula is C20H16ClN3O5. The number of nitrogens with one attached hydrogen (secondary N) is 1. The lowest BCUT2D eigenvalue weighted by molar-refractivity contribution is -0.385. The lowest BCUT2D eigenvalue weighted by Crippen LogP contribution is -2.18. The molecular weight excluding hydrogens is 398 g/mol. The van der Waals surface area contributed by atoms with Crippen LogP contribution in [-0.4, -0.2) is 34.9 Å². The van der Waals surface area contributed by atoms with Crippen molar-refractivity contribution in [2.45, 2.75) is 13.0 Å². The van der Waals surface area contributed by atoms with Crippen LogP contribution >= 0.6 is 11.6 Å². The summed E-state index contributed by atoms with van der Waals surface area (Å²) in [6, 6.07) is 9.36. The zero-order valence-corrected chi connectivity index (χ0v) is 16.2. The van der Waals surface area contributed by atoms with Gasteiger partial charge < -0.3 is 14.6 Å². The Kier molecular flexibility index (Phi) is 4.71. The Morgan fingerprint density at radius 1 is 1.24 bits per heavy atom. The van der Waals surface area contributed by atoms with Gasteiger partial charge in [0, 0.05) is 30.1 Å². The number of nitrogens with zero attached hydrogens (tertiary/aromatic N) is 2. The molecule has 1 aliphatic heterocycles. The van der Waals surface area contributed by atoms with Crippen molar-refractivity contribution in [1.29, 1.82) is 0 Å². The number of nitro benzene ring substituents is 1. The fraction of sp³-hybridized carbons (Fsp3) is 0.200. The molecule has 0 saturated carbocycles. The van der Waals surface area contributed by atoms with E-state index >= 15 is 0 Å². The number of aromatic nitrogens is 1. The summed E-state index contributed by atoms with van der Waals surface area (Å²) in [6.45, 7) is 1.24. The first kappa shape index (κ1) is 18.9. The summed E-state index contributed by atoms with van der Waals surface area (Å²) in [5.41, 5.74) is 0.567. The van der Waals surface area contributed by atoms with Crippen LogP contribution in [0.2, 0.25) is 5.02 Å². The second kappa shape index (κ2) is 7.21. The number of halogens is 1. The highest BCUT2D eigenvalue weighted by Crippen LogP contribution is 2.38. The van der Waals surface area contributed by atoms with Crippen LogP contribution in [0.3, 0.4) is 0 Å². The predicted molar refractivity (Wildman–Crippen MR) is 108 cm³/mol. The van der Waals surface area contributed by atoms with E-state index in [4.69, 9.17) is 16.3 Å². The molecule has 0 aliphatic carbocycles. The van der Waals surface area contributed by atoms with Gasteiger partial charge in [0.05, 0.1) is 28.1 Å². The maximum Gasteiger partial charge on any atom is 0.344 e. The van der Waals surface area contributed by atoms with E-state index in [0.29, 0.717) is 46.0 Å². The Bertz CT molecular complexity index is 1180. The minimum absolute atomic E-state index is 0.207. The van der Waals surface area contributed by atoms with Gasteiger partial charge in [0.15, 0.2) is 5.78 Å². The van der Waals surface area contributed by atoms with E-state index in [2.05, 4.69) is 5.32 Å². The van der Waals surface area contributed by atoms with Crippen molar-refractivity contribution in [3.63, 3.8) is 0 Å². The van der Waals surface area contributed by atoms with Gasteiger partial charge in [0.25, 0.3) is 5.69 Å². The number of anilines is 1. The Balaban J connectivity index is 2.06. The summed E-state index contributed by atoms with van der Waals surface area (Å²) in [7, 11) is 1.15. The maximum absolute atomic E-state index is 13.4. The van der Waals surface area contributed by atoms with Crippen LogP contribution in [0.1, 0.15) is 32.7 Å². The molecule has 0 spiro atoms. The van der Waals surface area contributed by atoms with E-state index in [1.807, 2.05) is 4.57 Å². The summed E-state index contributed by atoms with van der Waals surface area (Å²) in [5.74, 6) is -0.604. The molecule has 1 N–H and O–H groups in total. The Morgan fingerprint density at radius 3 is 2.69 bits per heavy atom. The molecule has 0 saturated heterocycles. The lowest BCUT2D eigenvalue weighted by atomic mass is 9.99. The molecule has 4 rings (SSSR count). The molecule has 29 heavy (non-hydrogen) atoms. The Hall–Kier alpha value is -3.39. The number of rotatable bonds is 4. The minimum atomic E-state index is -0.841. The van der Waals surface area contributed by atoms with E-state index in [1.54, 1.807) is 24.3 Å². The van der Waals surface area contributed by atoms with E-state index in [0.717, 1.165) is 13.5 Å². The standard InChI is InChI=1S/C20H16ClN3O5/c1-29-20(26)13-9-12-15(10-16(13)24(27)28)23-8-4-7-22-19(23)17(12)18(25)11-5-2-3-6-14(11)21/h2-3,5-6,9-10,22H,4,7-8H2,1H3. The molecule has 0 atom stereocenters. The van der Waals surface area contributed by atoms with E-state index in [-0.39, 0.29) is 17.0 Å². The summed E-state index contributed by atoms with van der Waals surface area (Å²) in [4.78, 5) is 36.5. The molecule has 0 bridgehead atoms. The van der Waals surface area contributed by atoms with Gasteiger partial charge in [0.1, 0.15) is 11.4 Å². The SMILES string of the molecule is COC(=O)c1cc2c(C(=O)c3ccccc3Cl)c3n(c2cc1[N+](=O)[O-])CCCN3. The molecule has 8 nitrogen and oxygen atoms in total. The Labute approximate surface area is 170 Å². The number of benzene rings is 2. The number of fused-ring (bicyclic) bond motifs is 3. The highest BCUT2D eigenvalue weighted by molar-refractivity contribution is 6.36. The number of nitro groups is 1. The van der Waals surface area contributed by atoms with Crippen molar-refractivity contribution in [1.82, 2.24) is 4.57 Å². The highest BCUT2D eigenvalue weighted by Gasteiger charge is 2.31. The van der Waals surface area contributed by atoms with Gasteiger partial charge >= 0.3 is 5.97 Å². The van der Waals surface area contributed by atoms with E-state index in [1.165, 1.54) is 12.1 Å². The number of aryl methyl sites for hydroxylation is 1. The third-order valence-electron chi connectivity index (χ3n) is 4.98. The van der Waals surface area contributed by atoms with Crippen molar-refractivity contribution >= 4 is 45.8 Å². The third-order valence-corrected chi connectivity index (χ3v) is 5.31. The monoisotopic (exact) mass is 413 g/mol. The van der Waals surface area contributed by atoms with Gasteiger partial charge in [-0.2, -0.15) is 0 Å². The van der Waals surface area contributed by atoms with Crippen molar-refractivity contribution in [2.75, 3.05) is 19.0 Å². The average molecular weight is 414 g/mol. The fourth-order valence-corrected chi connectivity index (χ4v) is 3.90. The summed E-state index contributed by atoms with van der Waals surface area (Å²) >= 11 is 6.23. The fourth-order valence-electron chi connectivity index (χ4n) is 3.68. The zero-order chi connectivity index (χ0) is 20.7. The molecule has 2 heterocycles. The second-order valence-corrected chi connectivity index (χ2v) is 7.01. The topological polar surface area (TPSA) is 103 Å². The Morgan fingerprint density at radius 2 is 2.00 bits per heavy atom. The van der Waals surface area contributed by atoms with Crippen molar-refractivity contribution < 1.29 is 19.2 Å². The number of esters is 1. The quantitative estimate of drug-likeness (QED) is 0.299. The minimum Gasteiger partial charge on any atom is -0.465 e. The molecule has 2 aromatic carbocycles. The van der Waals surface area contributed by atoms with Gasteiger partial charge in [-0.05, 0) is 24.6 Å². The largest absolute Gasteiger partial charge is 0.465 e. The summed E-state index contributed by atoms with van der Waals surface area (Å²) < 4.78 is 6.54. The van der Waals surface area contributed by atoms with Gasteiger partial charge in [-0.15, -0.1) is 0 Å². The van der Waals surface area contributed by atoms with E-state index in [9.17, 15) is 19.7 Å². The van der Waals surface area contributed by atoms with E-state index < -0.39 is 10.9 Å². The first-order chi connectivity index (χ1) is 13.9. The number of carbonyl (C=O) groups is 2. The van der Waals surface area contributed by atoms with Crippen LogP contribution < -0.4 is 5.32 Å². The molecule has 1 aliphatic rings. The van der Waals surface area contributed by atoms with Crippen molar-refractivity contribution in [2.24, 2.45) is 0 Å². The molecule has 0 amide bonds. The maximum atomic E-state index is 13.4. The van der Waals surface area contributed by atoms with Gasteiger partial charge in [0.2, 0.25) is 0 Å². The number of hydrogen-bond acceptors (Lipinski definition) is 6. The predicted octanol–water partition coefficient (Wildman–Crippen LogP) is 4.04. The summed E-state index contributed by atoms with van der Waals surface area (Å²) in [6.07, 6.45) is 0.795.